The quantitative estimate of drug-likeness (QED) is 0.606. The Balaban J connectivity index is 2.62. The first-order valence-corrected chi connectivity index (χ1v) is 6.21. The van der Waals surface area contributed by atoms with Crippen molar-refractivity contribution in [3.05, 3.63) is 23.3 Å². The van der Waals surface area contributed by atoms with Gasteiger partial charge in [-0.15, -0.1) is 0 Å². The molecule has 0 aliphatic rings. The number of carbonyl (C=O) groups is 1. The lowest BCUT2D eigenvalue weighted by Crippen LogP contribution is -2.12. The van der Waals surface area contributed by atoms with Gasteiger partial charge in [-0.2, -0.15) is 0 Å². The molecule has 0 heterocycles. The van der Waals surface area contributed by atoms with Crippen LogP contribution in [0.2, 0.25) is 0 Å². The van der Waals surface area contributed by atoms with Crippen LogP contribution >= 0.6 is 0 Å². The summed E-state index contributed by atoms with van der Waals surface area (Å²) in [7, 11) is 0. The van der Waals surface area contributed by atoms with Gasteiger partial charge in [0.1, 0.15) is 0 Å². The minimum absolute atomic E-state index is 0.0739. The normalized spacial score (nSPS) is 10.3. The summed E-state index contributed by atoms with van der Waals surface area (Å²) >= 11 is 0. The second-order valence-corrected chi connectivity index (χ2v) is 4.53. The minimum atomic E-state index is 0.0739. The van der Waals surface area contributed by atoms with Gasteiger partial charge in [0.25, 0.3) is 0 Å². The van der Waals surface area contributed by atoms with Gasteiger partial charge >= 0.3 is 0 Å². The average molecular weight is 234 g/mol. The number of unbranched alkanes of at least 4 members (excludes halogenated alkanes) is 2. The maximum atomic E-state index is 11.7. The van der Waals surface area contributed by atoms with Crippen molar-refractivity contribution in [2.75, 3.05) is 11.1 Å². The van der Waals surface area contributed by atoms with E-state index in [-0.39, 0.29) is 5.91 Å². The van der Waals surface area contributed by atoms with Crippen molar-refractivity contribution in [3.8, 4) is 0 Å². The molecule has 0 fully saturated rings. The Morgan fingerprint density at radius 3 is 2.59 bits per heavy atom. The van der Waals surface area contributed by atoms with E-state index >= 15 is 0 Å². The first kappa shape index (κ1) is 13.6. The fourth-order valence-electron chi connectivity index (χ4n) is 1.75. The Bertz CT molecular complexity index is 399. The molecule has 3 N–H and O–H groups in total. The predicted molar refractivity (Wildman–Crippen MR) is 73.1 cm³/mol. The van der Waals surface area contributed by atoms with Crippen LogP contribution in [0.1, 0.15) is 43.7 Å². The zero-order chi connectivity index (χ0) is 12.8. The minimum Gasteiger partial charge on any atom is -0.398 e. The number of nitrogens with one attached hydrogen (secondary N) is 1. The topological polar surface area (TPSA) is 55.1 Å². The summed E-state index contributed by atoms with van der Waals surface area (Å²) in [6.45, 7) is 6.08. The molecular formula is C14H22N2O. The third kappa shape index (κ3) is 4.10. The van der Waals surface area contributed by atoms with Crippen LogP contribution < -0.4 is 11.1 Å². The van der Waals surface area contributed by atoms with Gasteiger partial charge in [0.15, 0.2) is 0 Å². The molecule has 1 aromatic rings. The molecule has 3 heteroatoms. The van der Waals surface area contributed by atoms with Gasteiger partial charge in [-0.25, -0.2) is 0 Å². The van der Waals surface area contributed by atoms with Crippen LogP contribution in [-0.2, 0) is 4.79 Å². The molecule has 0 atom stereocenters. The van der Waals surface area contributed by atoms with Gasteiger partial charge in [0, 0.05) is 17.8 Å². The van der Waals surface area contributed by atoms with Gasteiger partial charge in [0.05, 0.1) is 0 Å². The van der Waals surface area contributed by atoms with Crippen molar-refractivity contribution in [1.82, 2.24) is 0 Å². The highest BCUT2D eigenvalue weighted by Crippen LogP contribution is 2.22. The zero-order valence-electron chi connectivity index (χ0n) is 11.0. The van der Waals surface area contributed by atoms with E-state index in [4.69, 9.17) is 5.73 Å². The van der Waals surface area contributed by atoms with Crippen molar-refractivity contribution < 1.29 is 4.79 Å². The van der Waals surface area contributed by atoms with Crippen LogP contribution in [0.25, 0.3) is 0 Å². The molecule has 0 bridgehead atoms. The summed E-state index contributed by atoms with van der Waals surface area (Å²) in [5.41, 5.74) is 9.49. The number of aryl methyl sites for hydroxylation is 2. The van der Waals surface area contributed by atoms with E-state index in [9.17, 15) is 4.79 Å². The molecule has 0 aliphatic heterocycles. The van der Waals surface area contributed by atoms with Crippen molar-refractivity contribution >= 4 is 17.3 Å². The Morgan fingerprint density at radius 2 is 1.94 bits per heavy atom. The predicted octanol–water partition coefficient (Wildman–Crippen LogP) is 3.40. The maximum absolute atomic E-state index is 11.7. The highest BCUT2D eigenvalue weighted by molar-refractivity contribution is 5.92. The lowest BCUT2D eigenvalue weighted by Gasteiger charge is -2.11. The highest BCUT2D eigenvalue weighted by atomic mass is 16.1. The van der Waals surface area contributed by atoms with Crippen LogP contribution in [0.5, 0.6) is 0 Å². The second-order valence-electron chi connectivity index (χ2n) is 4.53. The van der Waals surface area contributed by atoms with E-state index in [1.54, 1.807) is 0 Å². The van der Waals surface area contributed by atoms with Gasteiger partial charge in [-0.3, -0.25) is 4.79 Å². The highest BCUT2D eigenvalue weighted by Gasteiger charge is 2.06. The number of amides is 1. The molecule has 1 aromatic carbocycles. The smallest absolute Gasteiger partial charge is 0.224 e. The largest absolute Gasteiger partial charge is 0.398 e. The van der Waals surface area contributed by atoms with Crippen molar-refractivity contribution in [2.24, 2.45) is 0 Å². The standard InChI is InChI=1S/C14H22N2O/c1-4-5-6-7-14(17)16-13-9-12(15)10(2)8-11(13)3/h8-9H,4-7,15H2,1-3H3,(H,16,17). The van der Waals surface area contributed by atoms with Crippen molar-refractivity contribution in [2.45, 2.75) is 46.5 Å². The van der Waals surface area contributed by atoms with Crippen LogP contribution in [-0.4, -0.2) is 5.91 Å². The van der Waals surface area contributed by atoms with Gasteiger partial charge in [0.2, 0.25) is 5.91 Å². The van der Waals surface area contributed by atoms with E-state index in [1.165, 1.54) is 0 Å². The van der Waals surface area contributed by atoms with Gasteiger partial charge < -0.3 is 11.1 Å². The molecule has 0 spiro atoms. The zero-order valence-corrected chi connectivity index (χ0v) is 11.0. The number of benzene rings is 1. The van der Waals surface area contributed by atoms with Crippen molar-refractivity contribution in [1.29, 1.82) is 0 Å². The van der Waals surface area contributed by atoms with E-state index in [0.29, 0.717) is 6.42 Å². The summed E-state index contributed by atoms with van der Waals surface area (Å²) in [6, 6.07) is 3.83. The Morgan fingerprint density at radius 1 is 1.24 bits per heavy atom. The molecule has 0 radical (unpaired) electrons. The number of hydrogen-bond donors (Lipinski definition) is 2. The van der Waals surface area contributed by atoms with Gasteiger partial charge in [-0.1, -0.05) is 25.8 Å². The lowest BCUT2D eigenvalue weighted by molar-refractivity contribution is -0.116. The maximum Gasteiger partial charge on any atom is 0.224 e. The SMILES string of the molecule is CCCCCC(=O)Nc1cc(N)c(C)cc1C. The first-order chi connectivity index (χ1) is 8.04. The molecule has 1 amide bonds. The first-order valence-electron chi connectivity index (χ1n) is 6.21. The van der Waals surface area contributed by atoms with E-state index in [1.807, 2.05) is 26.0 Å². The number of nitrogen functional groups attached to an aromatic ring is 1. The van der Waals surface area contributed by atoms with Crippen LogP contribution in [0, 0.1) is 13.8 Å². The summed E-state index contributed by atoms with van der Waals surface area (Å²) in [4.78, 5) is 11.7. The van der Waals surface area contributed by atoms with E-state index < -0.39 is 0 Å². The molecule has 0 aromatic heterocycles. The molecule has 3 nitrogen and oxygen atoms in total. The number of carbonyl (C=O) groups excluding carboxylic acids is 1. The lowest BCUT2D eigenvalue weighted by atomic mass is 10.1. The number of anilines is 2. The molecule has 0 saturated heterocycles. The summed E-state index contributed by atoms with van der Waals surface area (Å²) in [5, 5.41) is 2.92. The summed E-state index contributed by atoms with van der Waals surface area (Å²) < 4.78 is 0. The number of nitrogens with two attached hydrogens (primary N) is 1. The van der Waals surface area contributed by atoms with Crippen LogP contribution in [0.3, 0.4) is 0 Å². The fraction of sp³-hybridized carbons (Fsp3) is 0.500. The number of rotatable bonds is 5. The van der Waals surface area contributed by atoms with E-state index in [0.717, 1.165) is 41.8 Å². The monoisotopic (exact) mass is 234 g/mol. The van der Waals surface area contributed by atoms with E-state index in [2.05, 4.69) is 12.2 Å². The average Bonchev–Trinajstić information content (AvgIpc) is 2.26. The summed E-state index contributed by atoms with van der Waals surface area (Å²) in [6.07, 6.45) is 3.76. The third-order valence-electron chi connectivity index (χ3n) is 2.89. The molecule has 0 aliphatic carbocycles. The molecule has 0 unspecified atom stereocenters. The fourth-order valence-corrected chi connectivity index (χ4v) is 1.75. The Labute approximate surface area is 103 Å². The molecule has 1 rings (SSSR count). The molecule has 17 heavy (non-hydrogen) atoms. The Hall–Kier alpha value is -1.51. The van der Waals surface area contributed by atoms with Crippen LogP contribution in [0.15, 0.2) is 12.1 Å². The Kier molecular flexibility index (Phi) is 5.01. The van der Waals surface area contributed by atoms with Gasteiger partial charge in [-0.05, 0) is 37.5 Å². The number of hydrogen-bond acceptors (Lipinski definition) is 2. The van der Waals surface area contributed by atoms with Crippen molar-refractivity contribution in [3.63, 3.8) is 0 Å². The second kappa shape index (κ2) is 6.28. The molecular weight excluding hydrogens is 212 g/mol. The molecule has 94 valence electrons. The van der Waals surface area contributed by atoms with Crippen LogP contribution in [0.4, 0.5) is 11.4 Å². The molecule has 0 saturated carbocycles. The third-order valence-corrected chi connectivity index (χ3v) is 2.89. The summed E-state index contributed by atoms with van der Waals surface area (Å²) in [5.74, 6) is 0.0739.